The van der Waals surface area contributed by atoms with Gasteiger partial charge in [0, 0.05) is 12.2 Å². The molecule has 0 saturated carbocycles. The number of rotatable bonds is 10. The minimum absolute atomic E-state index is 0.368. The van der Waals surface area contributed by atoms with Gasteiger partial charge >= 0.3 is 0 Å². The van der Waals surface area contributed by atoms with E-state index in [1.807, 2.05) is 13.2 Å². The van der Waals surface area contributed by atoms with Crippen molar-refractivity contribution in [2.75, 3.05) is 13.7 Å². The quantitative estimate of drug-likeness (QED) is 0.691. The standard InChI is InChI=1S/C17H30N2O/c1-5-8-14(9-6-2)17(18-4)15-11-16(13-19-12-15)20-10-7-3/h11-14,17-18H,5-10H2,1-4H3. The molecule has 114 valence electrons. The van der Waals surface area contributed by atoms with Crippen LogP contribution in [0, 0.1) is 5.92 Å². The van der Waals surface area contributed by atoms with Crippen LogP contribution in [0.1, 0.15) is 64.5 Å². The van der Waals surface area contributed by atoms with E-state index in [4.69, 9.17) is 4.74 Å². The molecule has 0 aromatic carbocycles. The molecule has 0 saturated heterocycles. The lowest BCUT2D eigenvalue weighted by molar-refractivity contribution is 0.310. The van der Waals surface area contributed by atoms with Crippen LogP contribution in [0.4, 0.5) is 0 Å². The maximum absolute atomic E-state index is 5.70. The lowest BCUT2D eigenvalue weighted by atomic mass is 9.87. The molecule has 0 amide bonds. The highest BCUT2D eigenvalue weighted by atomic mass is 16.5. The molecule has 0 fully saturated rings. The van der Waals surface area contributed by atoms with E-state index in [-0.39, 0.29) is 0 Å². The summed E-state index contributed by atoms with van der Waals surface area (Å²) in [5.74, 6) is 1.55. The van der Waals surface area contributed by atoms with Crippen molar-refractivity contribution in [3.05, 3.63) is 24.0 Å². The Kier molecular flexibility index (Phi) is 8.28. The Labute approximate surface area is 124 Å². The molecule has 3 nitrogen and oxygen atoms in total. The topological polar surface area (TPSA) is 34.1 Å². The van der Waals surface area contributed by atoms with E-state index in [0.717, 1.165) is 18.8 Å². The van der Waals surface area contributed by atoms with Crippen molar-refractivity contribution in [3.63, 3.8) is 0 Å². The van der Waals surface area contributed by atoms with Crippen LogP contribution in [-0.2, 0) is 0 Å². The number of ether oxygens (including phenoxy) is 1. The van der Waals surface area contributed by atoms with E-state index < -0.39 is 0 Å². The van der Waals surface area contributed by atoms with Gasteiger partial charge in [-0.3, -0.25) is 4.98 Å². The Morgan fingerprint density at radius 3 is 2.35 bits per heavy atom. The Morgan fingerprint density at radius 1 is 1.10 bits per heavy atom. The number of nitrogens with zero attached hydrogens (tertiary/aromatic N) is 1. The number of pyridine rings is 1. The summed E-state index contributed by atoms with van der Waals surface area (Å²) >= 11 is 0. The summed E-state index contributed by atoms with van der Waals surface area (Å²) in [4.78, 5) is 4.34. The van der Waals surface area contributed by atoms with Crippen LogP contribution in [0.15, 0.2) is 18.5 Å². The van der Waals surface area contributed by atoms with E-state index in [1.54, 1.807) is 6.20 Å². The fourth-order valence-corrected chi connectivity index (χ4v) is 2.80. The highest BCUT2D eigenvalue weighted by Gasteiger charge is 2.21. The number of nitrogens with one attached hydrogen (secondary N) is 1. The molecule has 0 aliphatic heterocycles. The van der Waals surface area contributed by atoms with E-state index in [0.29, 0.717) is 12.0 Å². The molecule has 1 rings (SSSR count). The van der Waals surface area contributed by atoms with Gasteiger partial charge in [-0.15, -0.1) is 0 Å². The summed E-state index contributed by atoms with van der Waals surface area (Å²) in [5, 5.41) is 3.48. The smallest absolute Gasteiger partial charge is 0.137 e. The fraction of sp³-hybridized carbons (Fsp3) is 0.706. The molecule has 0 aliphatic carbocycles. The first-order chi connectivity index (χ1) is 9.76. The third-order valence-corrected chi connectivity index (χ3v) is 3.67. The maximum atomic E-state index is 5.70. The van der Waals surface area contributed by atoms with Gasteiger partial charge in [0.2, 0.25) is 0 Å². The second-order valence-electron chi connectivity index (χ2n) is 5.41. The summed E-state index contributed by atoms with van der Waals surface area (Å²) < 4.78 is 5.70. The molecular formula is C17H30N2O. The van der Waals surface area contributed by atoms with Crippen molar-refractivity contribution in [2.24, 2.45) is 5.92 Å². The van der Waals surface area contributed by atoms with Crippen LogP contribution in [-0.4, -0.2) is 18.6 Å². The van der Waals surface area contributed by atoms with E-state index >= 15 is 0 Å². The van der Waals surface area contributed by atoms with Crippen LogP contribution in [0.25, 0.3) is 0 Å². The predicted molar refractivity (Wildman–Crippen MR) is 85.1 cm³/mol. The van der Waals surface area contributed by atoms with Crippen LogP contribution < -0.4 is 10.1 Å². The van der Waals surface area contributed by atoms with E-state index in [9.17, 15) is 0 Å². The molecule has 1 aromatic rings. The molecule has 0 radical (unpaired) electrons. The monoisotopic (exact) mass is 278 g/mol. The molecule has 0 spiro atoms. The molecule has 3 heteroatoms. The Morgan fingerprint density at radius 2 is 1.80 bits per heavy atom. The highest BCUT2D eigenvalue weighted by molar-refractivity contribution is 5.26. The number of aromatic nitrogens is 1. The molecule has 0 aliphatic rings. The van der Waals surface area contributed by atoms with Crippen molar-refractivity contribution in [1.82, 2.24) is 10.3 Å². The zero-order chi connectivity index (χ0) is 14.8. The van der Waals surface area contributed by atoms with E-state index in [2.05, 4.69) is 37.1 Å². The summed E-state index contributed by atoms with van der Waals surface area (Å²) in [5.41, 5.74) is 1.24. The molecule has 1 aromatic heterocycles. The van der Waals surface area contributed by atoms with Gasteiger partial charge < -0.3 is 10.1 Å². The van der Waals surface area contributed by atoms with Crippen LogP contribution in [0.5, 0.6) is 5.75 Å². The highest BCUT2D eigenvalue weighted by Crippen LogP contribution is 2.30. The minimum Gasteiger partial charge on any atom is -0.492 e. The molecule has 0 bridgehead atoms. The normalized spacial score (nSPS) is 12.7. The SMILES string of the molecule is CCCOc1cncc(C(NC)C(CCC)CCC)c1. The van der Waals surface area contributed by atoms with Gasteiger partial charge in [0.1, 0.15) is 5.75 Å². The molecule has 1 unspecified atom stereocenters. The third-order valence-electron chi connectivity index (χ3n) is 3.67. The Hall–Kier alpha value is -1.09. The average molecular weight is 278 g/mol. The Bertz CT molecular complexity index is 362. The second-order valence-corrected chi connectivity index (χ2v) is 5.41. The van der Waals surface area contributed by atoms with Gasteiger partial charge in [-0.05, 0) is 43.9 Å². The largest absolute Gasteiger partial charge is 0.492 e. The minimum atomic E-state index is 0.368. The summed E-state index contributed by atoms with van der Waals surface area (Å²) in [6.45, 7) is 7.39. The fourth-order valence-electron chi connectivity index (χ4n) is 2.80. The lowest BCUT2D eigenvalue weighted by Crippen LogP contribution is -2.25. The third kappa shape index (κ3) is 5.12. The number of hydrogen-bond donors (Lipinski definition) is 1. The van der Waals surface area contributed by atoms with Crippen molar-refractivity contribution in [1.29, 1.82) is 0 Å². The van der Waals surface area contributed by atoms with Crippen LogP contribution in [0.3, 0.4) is 0 Å². The first-order valence-electron chi connectivity index (χ1n) is 8.01. The predicted octanol–water partition coefficient (Wildman–Crippen LogP) is 4.35. The van der Waals surface area contributed by atoms with Gasteiger partial charge in [-0.2, -0.15) is 0 Å². The molecule has 20 heavy (non-hydrogen) atoms. The molecule has 1 atom stereocenters. The van der Waals surface area contributed by atoms with Crippen molar-refractivity contribution < 1.29 is 4.74 Å². The van der Waals surface area contributed by atoms with Gasteiger partial charge in [0.05, 0.1) is 12.8 Å². The van der Waals surface area contributed by atoms with Gasteiger partial charge in [-0.25, -0.2) is 0 Å². The maximum Gasteiger partial charge on any atom is 0.137 e. The van der Waals surface area contributed by atoms with Gasteiger partial charge in [0.25, 0.3) is 0 Å². The average Bonchev–Trinajstić information content (AvgIpc) is 2.47. The van der Waals surface area contributed by atoms with Crippen LogP contribution in [0.2, 0.25) is 0 Å². The van der Waals surface area contributed by atoms with Crippen molar-refractivity contribution in [3.8, 4) is 5.75 Å². The van der Waals surface area contributed by atoms with Gasteiger partial charge in [0.15, 0.2) is 0 Å². The number of hydrogen-bond acceptors (Lipinski definition) is 3. The van der Waals surface area contributed by atoms with Crippen molar-refractivity contribution in [2.45, 2.75) is 58.9 Å². The molecular weight excluding hydrogens is 248 g/mol. The Balaban J connectivity index is 2.86. The second kappa shape index (κ2) is 9.76. The molecule has 1 heterocycles. The first kappa shape index (κ1) is 17.0. The zero-order valence-corrected chi connectivity index (χ0v) is 13.5. The lowest BCUT2D eigenvalue weighted by Gasteiger charge is -2.27. The van der Waals surface area contributed by atoms with Crippen molar-refractivity contribution >= 4 is 0 Å². The van der Waals surface area contributed by atoms with E-state index in [1.165, 1.54) is 31.2 Å². The van der Waals surface area contributed by atoms with Gasteiger partial charge in [-0.1, -0.05) is 33.6 Å². The molecule has 1 N–H and O–H groups in total. The first-order valence-corrected chi connectivity index (χ1v) is 8.01. The zero-order valence-electron chi connectivity index (χ0n) is 13.5. The summed E-state index contributed by atoms with van der Waals surface area (Å²) in [6, 6.07) is 2.51. The van der Waals surface area contributed by atoms with Crippen LogP contribution >= 0.6 is 0 Å². The summed E-state index contributed by atoms with van der Waals surface area (Å²) in [7, 11) is 2.04. The summed E-state index contributed by atoms with van der Waals surface area (Å²) in [6.07, 6.45) is 9.75.